The van der Waals surface area contributed by atoms with Crippen LogP contribution in [-0.4, -0.2) is 32.0 Å². The van der Waals surface area contributed by atoms with Gasteiger partial charge in [0.05, 0.1) is 18.5 Å². The van der Waals surface area contributed by atoms with Gasteiger partial charge < -0.3 is 4.74 Å². The SMILES string of the molecule is CCOC(=O)/C(C#N)=C/Nn1cnc2c(cnn2-c2ccccc2)c1=O. The third-order valence-corrected chi connectivity index (χ3v) is 3.45. The number of benzene rings is 1. The first-order chi connectivity index (χ1) is 12.7. The van der Waals surface area contributed by atoms with Crippen LogP contribution >= 0.6 is 0 Å². The van der Waals surface area contributed by atoms with Crippen molar-refractivity contribution in [2.75, 3.05) is 12.0 Å². The first kappa shape index (κ1) is 16.9. The molecule has 3 aromatic rings. The maximum Gasteiger partial charge on any atom is 0.350 e. The number of nitriles is 1. The molecule has 0 aliphatic carbocycles. The zero-order valence-electron chi connectivity index (χ0n) is 13.8. The number of esters is 1. The summed E-state index contributed by atoms with van der Waals surface area (Å²) in [6, 6.07) is 11.0. The molecule has 9 heteroatoms. The van der Waals surface area contributed by atoms with Crippen LogP contribution in [0.1, 0.15) is 6.92 Å². The van der Waals surface area contributed by atoms with E-state index < -0.39 is 11.5 Å². The summed E-state index contributed by atoms with van der Waals surface area (Å²) in [6.07, 6.45) is 3.76. The molecule has 0 aliphatic rings. The maximum absolute atomic E-state index is 12.5. The van der Waals surface area contributed by atoms with Gasteiger partial charge in [-0.3, -0.25) is 10.2 Å². The van der Waals surface area contributed by atoms with Crippen molar-refractivity contribution in [2.45, 2.75) is 6.92 Å². The summed E-state index contributed by atoms with van der Waals surface area (Å²) < 4.78 is 7.35. The number of hydrogen-bond acceptors (Lipinski definition) is 7. The molecule has 0 aliphatic heterocycles. The largest absolute Gasteiger partial charge is 0.462 e. The van der Waals surface area contributed by atoms with E-state index >= 15 is 0 Å². The fourth-order valence-corrected chi connectivity index (χ4v) is 2.24. The fourth-order valence-electron chi connectivity index (χ4n) is 2.24. The smallest absolute Gasteiger partial charge is 0.350 e. The van der Waals surface area contributed by atoms with E-state index in [2.05, 4.69) is 15.5 Å². The molecule has 26 heavy (non-hydrogen) atoms. The molecule has 0 saturated carbocycles. The second-order valence-electron chi connectivity index (χ2n) is 5.07. The van der Waals surface area contributed by atoms with Crippen molar-refractivity contribution in [3.63, 3.8) is 0 Å². The maximum atomic E-state index is 12.5. The number of para-hydroxylation sites is 1. The number of ether oxygens (including phenoxy) is 1. The molecule has 130 valence electrons. The molecule has 0 fully saturated rings. The zero-order valence-corrected chi connectivity index (χ0v) is 13.8. The van der Waals surface area contributed by atoms with Crippen LogP contribution < -0.4 is 11.0 Å². The Kier molecular flexibility index (Phi) is 4.76. The van der Waals surface area contributed by atoms with Crippen molar-refractivity contribution in [2.24, 2.45) is 0 Å². The van der Waals surface area contributed by atoms with Crippen molar-refractivity contribution in [1.82, 2.24) is 19.4 Å². The van der Waals surface area contributed by atoms with Crippen LogP contribution in [0.4, 0.5) is 0 Å². The number of carbonyl (C=O) groups is 1. The normalized spacial score (nSPS) is 11.2. The molecule has 0 atom stereocenters. The van der Waals surface area contributed by atoms with Crippen LogP contribution in [0.25, 0.3) is 16.7 Å². The number of aromatic nitrogens is 4. The van der Waals surface area contributed by atoms with Gasteiger partial charge in [-0.1, -0.05) is 18.2 Å². The summed E-state index contributed by atoms with van der Waals surface area (Å²) in [6.45, 7) is 1.77. The van der Waals surface area contributed by atoms with Gasteiger partial charge in [0.15, 0.2) is 11.2 Å². The van der Waals surface area contributed by atoms with Gasteiger partial charge in [-0.25, -0.2) is 19.1 Å². The van der Waals surface area contributed by atoms with E-state index in [-0.39, 0.29) is 17.6 Å². The molecular weight excluding hydrogens is 336 g/mol. The topological polar surface area (TPSA) is 115 Å². The number of nitrogens with one attached hydrogen (secondary N) is 1. The Bertz CT molecular complexity index is 1080. The number of carbonyl (C=O) groups excluding carboxylic acids is 1. The van der Waals surface area contributed by atoms with Crippen LogP contribution in [0.15, 0.2) is 59.4 Å². The lowest BCUT2D eigenvalue weighted by atomic mass is 10.3. The highest BCUT2D eigenvalue weighted by atomic mass is 16.5. The number of fused-ring (bicyclic) bond motifs is 1. The van der Waals surface area contributed by atoms with Crippen molar-refractivity contribution in [3.8, 4) is 11.8 Å². The molecule has 3 rings (SSSR count). The van der Waals surface area contributed by atoms with Crippen molar-refractivity contribution >= 4 is 17.0 Å². The molecule has 0 bridgehead atoms. The Balaban J connectivity index is 1.95. The van der Waals surface area contributed by atoms with Crippen LogP contribution in [0.2, 0.25) is 0 Å². The Morgan fingerprint density at radius 1 is 1.38 bits per heavy atom. The first-order valence-corrected chi connectivity index (χ1v) is 7.70. The minimum atomic E-state index is -0.776. The zero-order chi connectivity index (χ0) is 18.5. The van der Waals surface area contributed by atoms with E-state index in [1.807, 2.05) is 30.3 Å². The Labute approximate surface area is 147 Å². The monoisotopic (exact) mass is 350 g/mol. The average Bonchev–Trinajstić information content (AvgIpc) is 3.10. The average molecular weight is 350 g/mol. The van der Waals surface area contributed by atoms with E-state index in [1.165, 1.54) is 12.5 Å². The third kappa shape index (κ3) is 3.16. The van der Waals surface area contributed by atoms with Gasteiger partial charge in [0.1, 0.15) is 17.8 Å². The van der Waals surface area contributed by atoms with Gasteiger partial charge >= 0.3 is 5.97 Å². The van der Waals surface area contributed by atoms with E-state index in [0.717, 1.165) is 16.6 Å². The van der Waals surface area contributed by atoms with Crippen LogP contribution in [-0.2, 0) is 9.53 Å². The molecule has 0 unspecified atom stereocenters. The quantitative estimate of drug-likeness (QED) is 0.416. The number of nitrogens with zero attached hydrogens (tertiary/aromatic N) is 5. The van der Waals surface area contributed by atoms with E-state index in [0.29, 0.717) is 5.65 Å². The lowest BCUT2D eigenvalue weighted by molar-refractivity contribution is -0.138. The second kappa shape index (κ2) is 7.31. The lowest BCUT2D eigenvalue weighted by Crippen LogP contribution is -2.27. The van der Waals surface area contributed by atoms with Crippen molar-refractivity contribution in [1.29, 1.82) is 5.26 Å². The molecule has 9 nitrogen and oxygen atoms in total. The van der Waals surface area contributed by atoms with Crippen LogP contribution in [0.3, 0.4) is 0 Å². The minimum Gasteiger partial charge on any atom is -0.462 e. The van der Waals surface area contributed by atoms with Crippen molar-refractivity contribution in [3.05, 3.63) is 65.0 Å². The summed E-state index contributed by atoms with van der Waals surface area (Å²) in [7, 11) is 0. The van der Waals surface area contributed by atoms with Gasteiger partial charge in [-0.05, 0) is 19.1 Å². The summed E-state index contributed by atoms with van der Waals surface area (Å²) in [4.78, 5) is 28.4. The van der Waals surface area contributed by atoms with E-state index in [4.69, 9.17) is 10.00 Å². The highest BCUT2D eigenvalue weighted by Gasteiger charge is 2.12. The molecule has 0 spiro atoms. The molecule has 1 N–H and O–H groups in total. The fraction of sp³-hybridized carbons (Fsp3) is 0.118. The molecule has 0 radical (unpaired) electrons. The second-order valence-corrected chi connectivity index (χ2v) is 5.07. The van der Waals surface area contributed by atoms with Gasteiger partial charge in [0.25, 0.3) is 5.56 Å². The Hall–Kier alpha value is -3.93. The standard InChI is InChI=1S/C17H14N6O3/c1-2-26-17(25)12(8-18)9-20-22-11-19-15-14(16(22)24)10-21-23(15)13-6-4-3-5-7-13/h3-7,9-11,20H,2H2,1H3/b12-9+. The molecular formula is C17H14N6O3. The highest BCUT2D eigenvalue weighted by Crippen LogP contribution is 2.12. The third-order valence-electron chi connectivity index (χ3n) is 3.45. The summed E-state index contributed by atoms with van der Waals surface area (Å²) >= 11 is 0. The van der Waals surface area contributed by atoms with Gasteiger partial charge in [0, 0.05) is 6.20 Å². The Morgan fingerprint density at radius 2 is 2.15 bits per heavy atom. The van der Waals surface area contributed by atoms with Gasteiger partial charge in [0.2, 0.25) is 0 Å². The minimum absolute atomic E-state index is 0.143. The molecule has 1 aromatic carbocycles. The van der Waals surface area contributed by atoms with Gasteiger partial charge in [-0.2, -0.15) is 10.4 Å². The lowest BCUT2D eigenvalue weighted by Gasteiger charge is -2.06. The molecule has 2 aromatic heterocycles. The first-order valence-electron chi connectivity index (χ1n) is 7.70. The van der Waals surface area contributed by atoms with Gasteiger partial charge in [-0.15, -0.1) is 0 Å². The predicted octanol–water partition coefficient (Wildman–Crippen LogP) is 1.10. The van der Waals surface area contributed by atoms with Crippen LogP contribution in [0, 0.1) is 11.3 Å². The summed E-state index contributed by atoms with van der Waals surface area (Å²) in [5, 5.41) is 13.5. The highest BCUT2D eigenvalue weighted by molar-refractivity contribution is 5.92. The molecule has 2 heterocycles. The number of rotatable bonds is 5. The van der Waals surface area contributed by atoms with E-state index in [1.54, 1.807) is 17.7 Å². The molecule has 0 amide bonds. The number of hydrogen-bond donors (Lipinski definition) is 1. The van der Waals surface area contributed by atoms with Crippen molar-refractivity contribution < 1.29 is 9.53 Å². The summed E-state index contributed by atoms with van der Waals surface area (Å²) in [5.41, 5.74) is 3.05. The van der Waals surface area contributed by atoms with E-state index in [9.17, 15) is 9.59 Å². The van der Waals surface area contributed by atoms with Crippen LogP contribution in [0.5, 0.6) is 0 Å². The summed E-state index contributed by atoms with van der Waals surface area (Å²) in [5.74, 6) is -0.776. The molecule has 0 saturated heterocycles. The predicted molar refractivity (Wildman–Crippen MR) is 92.8 cm³/mol. The Morgan fingerprint density at radius 3 is 2.85 bits per heavy atom.